The molecule has 108 valence electrons. The summed E-state index contributed by atoms with van der Waals surface area (Å²) in [5, 5.41) is 8.99. The molecule has 0 fully saturated rings. The summed E-state index contributed by atoms with van der Waals surface area (Å²) < 4.78 is 1.91. The number of aryl methyl sites for hydroxylation is 2. The maximum absolute atomic E-state index is 6.32. The first kappa shape index (κ1) is 15.4. The zero-order valence-corrected chi connectivity index (χ0v) is 13.7. The van der Waals surface area contributed by atoms with E-state index in [0.29, 0.717) is 10.0 Å². The maximum atomic E-state index is 6.32. The Morgan fingerprint density at radius 3 is 2.55 bits per heavy atom. The first-order valence-electron chi connectivity index (χ1n) is 6.56. The lowest BCUT2D eigenvalue weighted by Crippen LogP contribution is -2.20. The van der Waals surface area contributed by atoms with Gasteiger partial charge in [-0.05, 0) is 44.5 Å². The van der Waals surface area contributed by atoms with E-state index in [2.05, 4.69) is 17.3 Å². The Hall–Kier alpha value is -1.03. The molecule has 2 rings (SSSR count). The summed E-state index contributed by atoms with van der Waals surface area (Å²) in [6.07, 6.45) is 0.835. The number of hydrogen-bond donors (Lipinski definition) is 1. The summed E-state index contributed by atoms with van der Waals surface area (Å²) in [5.41, 5.74) is 4.51. The Balaban J connectivity index is 2.36. The smallest absolute Gasteiger partial charge is 0.0640 e. The van der Waals surface area contributed by atoms with Crippen molar-refractivity contribution in [2.45, 2.75) is 26.3 Å². The molecule has 2 aromatic rings. The van der Waals surface area contributed by atoms with Crippen LogP contribution in [0.4, 0.5) is 0 Å². The third-order valence-corrected chi connectivity index (χ3v) is 4.61. The van der Waals surface area contributed by atoms with Crippen molar-refractivity contribution in [3.63, 3.8) is 0 Å². The van der Waals surface area contributed by atoms with Crippen LogP contribution in [0.1, 0.15) is 28.6 Å². The van der Waals surface area contributed by atoms with Crippen LogP contribution in [-0.4, -0.2) is 16.8 Å². The first-order chi connectivity index (χ1) is 9.45. The number of hydrogen-bond acceptors (Lipinski definition) is 2. The van der Waals surface area contributed by atoms with E-state index in [-0.39, 0.29) is 6.04 Å². The van der Waals surface area contributed by atoms with Gasteiger partial charge < -0.3 is 5.32 Å². The second kappa shape index (κ2) is 6.17. The molecule has 1 atom stereocenters. The van der Waals surface area contributed by atoms with Crippen LogP contribution < -0.4 is 5.32 Å². The zero-order chi connectivity index (χ0) is 14.9. The normalized spacial score (nSPS) is 12.7. The zero-order valence-electron chi connectivity index (χ0n) is 12.2. The second-order valence-corrected chi connectivity index (χ2v) is 5.75. The Labute approximate surface area is 129 Å². The summed E-state index contributed by atoms with van der Waals surface area (Å²) >= 11 is 12.4. The number of aromatic nitrogens is 2. The molecule has 0 aliphatic heterocycles. The van der Waals surface area contributed by atoms with Gasteiger partial charge in [-0.25, -0.2) is 0 Å². The van der Waals surface area contributed by atoms with Crippen LogP contribution in [-0.2, 0) is 13.5 Å². The minimum atomic E-state index is 0.114. The van der Waals surface area contributed by atoms with Crippen molar-refractivity contribution >= 4 is 23.2 Å². The molecular formula is C15H19Cl2N3. The van der Waals surface area contributed by atoms with Gasteiger partial charge in [0.05, 0.1) is 15.7 Å². The fourth-order valence-corrected chi connectivity index (χ4v) is 2.91. The van der Waals surface area contributed by atoms with E-state index in [1.54, 1.807) is 6.07 Å². The number of nitrogens with one attached hydrogen (secondary N) is 1. The molecule has 0 saturated carbocycles. The lowest BCUT2D eigenvalue weighted by molar-refractivity contribution is 0.588. The van der Waals surface area contributed by atoms with Crippen molar-refractivity contribution < 1.29 is 0 Å². The summed E-state index contributed by atoms with van der Waals surface area (Å²) in [6.45, 7) is 4.12. The van der Waals surface area contributed by atoms with Gasteiger partial charge in [-0.3, -0.25) is 4.68 Å². The van der Waals surface area contributed by atoms with Gasteiger partial charge in [0.1, 0.15) is 0 Å². The molecule has 1 aromatic carbocycles. The average molecular weight is 312 g/mol. The molecule has 0 aliphatic rings. The van der Waals surface area contributed by atoms with Crippen molar-refractivity contribution in [2.75, 3.05) is 7.05 Å². The second-order valence-electron chi connectivity index (χ2n) is 4.96. The van der Waals surface area contributed by atoms with E-state index < -0.39 is 0 Å². The predicted octanol–water partition coefficient (Wildman–Crippen LogP) is 3.85. The molecule has 1 N–H and O–H groups in total. The van der Waals surface area contributed by atoms with Gasteiger partial charge in [0.25, 0.3) is 0 Å². The number of likely N-dealkylation sites (N-methyl/N-ethyl adjacent to an activating group) is 1. The number of rotatable bonds is 4. The van der Waals surface area contributed by atoms with Crippen LogP contribution in [0.5, 0.6) is 0 Å². The van der Waals surface area contributed by atoms with Gasteiger partial charge in [0.15, 0.2) is 0 Å². The molecule has 5 heteroatoms. The van der Waals surface area contributed by atoms with Gasteiger partial charge in [0.2, 0.25) is 0 Å². The lowest BCUT2D eigenvalue weighted by Gasteiger charge is -2.19. The fourth-order valence-electron chi connectivity index (χ4n) is 2.47. The van der Waals surface area contributed by atoms with E-state index in [4.69, 9.17) is 23.2 Å². The highest BCUT2D eigenvalue weighted by Gasteiger charge is 2.19. The van der Waals surface area contributed by atoms with Crippen LogP contribution >= 0.6 is 23.2 Å². The quantitative estimate of drug-likeness (QED) is 0.929. The van der Waals surface area contributed by atoms with E-state index in [1.807, 2.05) is 37.8 Å². The van der Waals surface area contributed by atoms with Crippen molar-refractivity contribution in [1.29, 1.82) is 0 Å². The van der Waals surface area contributed by atoms with Crippen molar-refractivity contribution in [2.24, 2.45) is 7.05 Å². The van der Waals surface area contributed by atoms with Gasteiger partial charge in [-0.2, -0.15) is 5.10 Å². The van der Waals surface area contributed by atoms with Crippen molar-refractivity contribution in [1.82, 2.24) is 15.1 Å². The summed E-state index contributed by atoms with van der Waals surface area (Å²) in [5.74, 6) is 0. The molecule has 0 aliphatic carbocycles. The molecule has 20 heavy (non-hydrogen) atoms. The highest BCUT2D eigenvalue weighted by atomic mass is 35.5. The van der Waals surface area contributed by atoms with E-state index in [9.17, 15) is 0 Å². The van der Waals surface area contributed by atoms with Crippen LogP contribution in [0, 0.1) is 13.8 Å². The number of nitrogens with zero attached hydrogens (tertiary/aromatic N) is 2. The van der Waals surface area contributed by atoms with E-state index in [1.165, 1.54) is 11.3 Å². The number of halogens is 2. The third kappa shape index (κ3) is 2.85. The minimum Gasteiger partial charge on any atom is -0.313 e. The summed E-state index contributed by atoms with van der Waals surface area (Å²) in [4.78, 5) is 0. The monoisotopic (exact) mass is 311 g/mol. The van der Waals surface area contributed by atoms with Crippen LogP contribution in [0.2, 0.25) is 10.0 Å². The molecule has 0 amide bonds. The highest BCUT2D eigenvalue weighted by Crippen LogP contribution is 2.32. The SMILES string of the molecule is CNC(Cc1c(C)nn(C)c1C)c1cccc(Cl)c1Cl. The van der Waals surface area contributed by atoms with Gasteiger partial charge >= 0.3 is 0 Å². The Morgan fingerprint density at radius 2 is 2.00 bits per heavy atom. The largest absolute Gasteiger partial charge is 0.313 e. The van der Waals surface area contributed by atoms with Gasteiger partial charge in [-0.15, -0.1) is 0 Å². The molecule has 0 radical (unpaired) electrons. The maximum Gasteiger partial charge on any atom is 0.0640 e. The average Bonchev–Trinajstić information content (AvgIpc) is 2.65. The van der Waals surface area contributed by atoms with E-state index >= 15 is 0 Å². The fraction of sp³-hybridized carbons (Fsp3) is 0.400. The Bertz CT molecular complexity index is 620. The van der Waals surface area contributed by atoms with Gasteiger partial charge in [-0.1, -0.05) is 35.3 Å². The van der Waals surface area contributed by atoms with Gasteiger partial charge in [0, 0.05) is 18.8 Å². The summed E-state index contributed by atoms with van der Waals surface area (Å²) in [7, 11) is 3.90. The topological polar surface area (TPSA) is 29.9 Å². The summed E-state index contributed by atoms with van der Waals surface area (Å²) in [6, 6.07) is 5.86. The number of benzene rings is 1. The molecule has 1 aromatic heterocycles. The predicted molar refractivity (Wildman–Crippen MR) is 84.6 cm³/mol. The Kier molecular flexibility index (Phi) is 4.74. The van der Waals surface area contributed by atoms with E-state index in [0.717, 1.165) is 17.7 Å². The standard InChI is InChI=1S/C15H19Cl2N3/c1-9-12(10(2)20(4)19-9)8-14(18-3)11-6-5-7-13(16)15(11)17/h5-7,14,18H,8H2,1-4H3. The minimum absolute atomic E-state index is 0.114. The molecule has 3 nitrogen and oxygen atoms in total. The van der Waals surface area contributed by atoms with Crippen molar-refractivity contribution in [3.8, 4) is 0 Å². The Morgan fingerprint density at radius 1 is 1.30 bits per heavy atom. The van der Waals surface area contributed by atoms with Crippen LogP contribution in [0.3, 0.4) is 0 Å². The molecule has 0 saturated heterocycles. The molecule has 0 spiro atoms. The molecule has 1 heterocycles. The van der Waals surface area contributed by atoms with Crippen LogP contribution in [0.15, 0.2) is 18.2 Å². The molecular weight excluding hydrogens is 293 g/mol. The van der Waals surface area contributed by atoms with Crippen LogP contribution in [0.25, 0.3) is 0 Å². The lowest BCUT2D eigenvalue weighted by atomic mass is 9.98. The van der Waals surface area contributed by atoms with Crippen molar-refractivity contribution in [3.05, 3.63) is 50.8 Å². The first-order valence-corrected chi connectivity index (χ1v) is 7.31. The molecule has 1 unspecified atom stereocenters. The highest BCUT2D eigenvalue weighted by molar-refractivity contribution is 6.42. The molecule has 0 bridgehead atoms. The third-order valence-electron chi connectivity index (χ3n) is 3.77.